The minimum atomic E-state index is -0.524. The normalized spacial score (nSPS) is 18.0. The van der Waals surface area contributed by atoms with Gasteiger partial charge >= 0.3 is 6.09 Å². The van der Waals surface area contributed by atoms with Crippen molar-refractivity contribution in [1.29, 1.82) is 0 Å². The van der Waals surface area contributed by atoms with Crippen molar-refractivity contribution in [3.8, 4) is 17.1 Å². The number of aromatic nitrogens is 4. The highest BCUT2D eigenvalue weighted by Gasteiger charge is 2.35. The molecule has 1 amide bonds. The Kier molecular flexibility index (Phi) is 7.31. The number of piperazine rings is 1. The van der Waals surface area contributed by atoms with E-state index < -0.39 is 5.60 Å². The summed E-state index contributed by atoms with van der Waals surface area (Å²) in [4.78, 5) is 26.6. The van der Waals surface area contributed by atoms with E-state index in [1.807, 2.05) is 64.2 Å². The summed E-state index contributed by atoms with van der Waals surface area (Å²) >= 11 is 0. The van der Waals surface area contributed by atoms with Crippen LogP contribution in [-0.2, 0) is 16.5 Å². The molecule has 3 heterocycles. The van der Waals surface area contributed by atoms with E-state index in [2.05, 4.69) is 36.0 Å². The lowest BCUT2D eigenvalue weighted by atomic mass is 10.0. The Morgan fingerprint density at radius 3 is 2.50 bits per heavy atom. The van der Waals surface area contributed by atoms with Gasteiger partial charge in [0.25, 0.3) is 0 Å². The first-order valence-corrected chi connectivity index (χ1v) is 13.6. The fraction of sp³-hybridized carbons (Fsp3) is 0.467. The second-order valence-corrected chi connectivity index (χ2v) is 11.6. The van der Waals surface area contributed by atoms with E-state index >= 15 is 0 Å². The first kappa shape index (κ1) is 27.6. The van der Waals surface area contributed by atoms with Crippen LogP contribution in [0.1, 0.15) is 40.2 Å². The summed E-state index contributed by atoms with van der Waals surface area (Å²) in [5, 5.41) is 6.51. The molecule has 0 saturated carbocycles. The fourth-order valence-electron chi connectivity index (χ4n) is 5.46. The Morgan fingerprint density at radius 2 is 1.82 bits per heavy atom. The largest absolute Gasteiger partial charge is 0.466 e. The maximum Gasteiger partial charge on any atom is 0.410 e. The second kappa shape index (κ2) is 10.6. The summed E-state index contributed by atoms with van der Waals surface area (Å²) in [5.74, 6) is 1.24. The first-order valence-electron chi connectivity index (χ1n) is 13.6. The Morgan fingerprint density at radius 1 is 1.10 bits per heavy atom. The van der Waals surface area contributed by atoms with E-state index in [0.29, 0.717) is 24.7 Å². The van der Waals surface area contributed by atoms with Gasteiger partial charge in [-0.1, -0.05) is 0 Å². The van der Waals surface area contributed by atoms with Crippen LogP contribution >= 0.6 is 0 Å². The van der Waals surface area contributed by atoms with Crippen LogP contribution in [0.3, 0.4) is 0 Å². The number of methoxy groups -OCH3 is 1. The number of hydrogen-bond donors (Lipinski definition) is 0. The number of carbonyl (C=O) groups excluding carboxylic acids is 1. The number of amides is 1. The average Bonchev–Trinajstić information content (AvgIpc) is 3.26. The Balaban J connectivity index is 1.43. The minimum absolute atomic E-state index is 0.00378. The summed E-state index contributed by atoms with van der Waals surface area (Å²) in [6.07, 6.45) is 3.57. The lowest BCUT2D eigenvalue weighted by Crippen LogP contribution is -2.59. The molecule has 1 aliphatic heterocycles. The smallest absolute Gasteiger partial charge is 0.410 e. The van der Waals surface area contributed by atoms with Crippen LogP contribution in [0.4, 0.5) is 10.5 Å². The number of aryl methyl sites for hydroxylation is 2. The summed E-state index contributed by atoms with van der Waals surface area (Å²) < 4.78 is 18.6. The second-order valence-electron chi connectivity index (χ2n) is 11.6. The van der Waals surface area contributed by atoms with Gasteiger partial charge in [0, 0.05) is 61.7 Å². The minimum Gasteiger partial charge on any atom is -0.466 e. The van der Waals surface area contributed by atoms with Crippen LogP contribution in [0.15, 0.2) is 36.7 Å². The molecule has 5 rings (SSSR count). The molecule has 0 radical (unpaired) electrons. The number of nitrogens with zero attached hydrogens (tertiary/aromatic N) is 6. The van der Waals surface area contributed by atoms with E-state index in [0.717, 1.165) is 38.6 Å². The molecule has 2 aromatic heterocycles. The highest BCUT2D eigenvalue weighted by Crippen LogP contribution is 2.37. The number of rotatable bonds is 5. The summed E-state index contributed by atoms with van der Waals surface area (Å²) in [5.41, 5.74) is 3.97. The zero-order chi connectivity index (χ0) is 28.8. The van der Waals surface area contributed by atoms with Gasteiger partial charge in [-0.15, -0.1) is 0 Å². The molecular weight excluding hydrogens is 508 g/mol. The molecule has 0 aliphatic carbocycles. The van der Waals surface area contributed by atoms with Gasteiger partial charge < -0.3 is 19.1 Å². The molecule has 0 unspecified atom stereocenters. The molecule has 10 heteroatoms. The number of benzene rings is 2. The summed E-state index contributed by atoms with van der Waals surface area (Å²) in [6, 6.07) is 8.24. The summed E-state index contributed by atoms with van der Waals surface area (Å²) in [7, 11) is 3.50. The average molecular weight is 547 g/mol. The van der Waals surface area contributed by atoms with Crippen molar-refractivity contribution in [2.45, 2.75) is 59.2 Å². The van der Waals surface area contributed by atoms with Gasteiger partial charge in [0.1, 0.15) is 11.4 Å². The van der Waals surface area contributed by atoms with Crippen LogP contribution in [0, 0.1) is 6.92 Å². The van der Waals surface area contributed by atoms with Crippen molar-refractivity contribution in [3.05, 3.63) is 42.2 Å². The van der Waals surface area contributed by atoms with Crippen molar-refractivity contribution in [2.75, 3.05) is 31.9 Å². The first-order chi connectivity index (χ1) is 18.9. The fourth-order valence-corrected chi connectivity index (χ4v) is 5.46. The lowest BCUT2D eigenvalue weighted by molar-refractivity contribution is 0.00566. The third kappa shape index (κ3) is 5.40. The van der Waals surface area contributed by atoms with Gasteiger partial charge in [-0.25, -0.2) is 14.8 Å². The standard InChI is InChI=1S/C30H38N6O4/c1-18-14-35(15-19(2)36(18)29(37)40-30(4,5)6)23-9-10-25-21(11-23)13-31-28(32-25)24-12-22-16-34(7)33-26(22)20(3)27(24)39-17-38-8/h9-13,16,18-19H,14-15,17H2,1-8H3/t18-,19-/m0/s1. The van der Waals surface area contributed by atoms with Crippen molar-refractivity contribution in [2.24, 2.45) is 7.05 Å². The maximum atomic E-state index is 12.8. The van der Waals surface area contributed by atoms with E-state index in [4.69, 9.17) is 24.2 Å². The van der Waals surface area contributed by atoms with Gasteiger partial charge in [0.05, 0.1) is 28.7 Å². The monoisotopic (exact) mass is 546 g/mol. The molecule has 4 aromatic rings. The molecular formula is C30H38N6O4. The predicted octanol–water partition coefficient (Wildman–Crippen LogP) is 5.31. The molecule has 40 heavy (non-hydrogen) atoms. The van der Waals surface area contributed by atoms with Crippen molar-refractivity contribution in [3.63, 3.8) is 0 Å². The molecule has 1 aliphatic rings. The van der Waals surface area contributed by atoms with Gasteiger partial charge in [-0.05, 0) is 65.8 Å². The Labute approximate surface area is 234 Å². The highest BCUT2D eigenvalue weighted by molar-refractivity contribution is 5.91. The quantitative estimate of drug-likeness (QED) is 0.311. The van der Waals surface area contributed by atoms with E-state index in [1.54, 1.807) is 11.8 Å². The van der Waals surface area contributed by atoms with Gasteiger partial charge in [0.2, 0.25) is 0 Å². The van der Waals surface area contributed by atoms with E-state index in [1.165, 1.54) is 0 Å². The number of ether oxygens (including phenoxy) is 3. The van der Waals surface area contributed by atoms with Gasteiger partial charge in [0.15, 0.2) is 12.6 Å². The lowest BCUT2D eigenvalue weighted by Gasteiger charge is -2.45. The number of anilines is 1. The van der Waals surface area contributed by atoms with Crippen LogP contribution in [0.5, 0.6) is 5.75 Å². The Bertz CT molecular complexity index is 1550. The van der Waals surface area contributed by atoms with Crippen molar-refractivity contribution < 1.29 is 19.0 Å². The third-order valence-electron chi connectivity index (χ3n) is 7.11. The molecule has 0 spiro atoms. The van der Waals surface area contributed by atoms with Crippen molar-refractivity contribution in [1.82, 2.24) is 24.6 Å². The topological polar surface area (TPSA) is 94.8 Å². The molecule has 2 aromatic carbocycles. The van der Waals surface area contributed by atoms with Crippen molar-refractivity contribution >= 4 is 33.6 Å². The molecule has 2 atom stereocenters. The molecule has 0 N–H and O–H groups in total. The predicted molar refractivity (Wildman–Crippen MR) is 156 cm³/mol. The SMILES string of the molecule is COCOc1c(-c2ncc3cc(N4C[C@H](C)N(C(=O)OC(C)(C)C)[C@@H](C)C4)ccc3n2)cc2cn(C)nc2c1C. The molecule has 10 nitrogen and oxygen atoms in total. The molecule has 212 valence electrons. The Hall–Kier alpha value is -3.92. The van der Waals surface area contributed by atoms with Crippen LogP contribution < -0.4 is 9.64 Å². The molecule has 1 saturated heterocycles. The maximum absolute atomic E-state index is 12.8. The number of fused-ring (bicyclic) bond motifs is 2. The zero-order valence-corrected chi connectivity index (χ0v) is 24.6. The van der Waals surface area contributed by atoms with E-state index in [-0.39, 0.29) is 25.0 Å². The summed E-state index contributed by atoms with van der Waals surface area (Å²) in [6.45, 7) is 13.3. The van der Waals surface area contributed by atoms with Crippen LogP contribution in [0.25, 0.3) is 33.2 Å². The number of carbonyl (C=O) groups is 1. The van der Waals surface area contributed by atoms with Crippen LogP contribution in [0.2, 0.25) is 0 Å². The van der Waals surface area contributed by atoms with Gasteiger partial charge in [-0.2, -0.15) is 5.10 Å². The number of hydrogen-bond acceptors (Lipinski definition) is 8. The highest BCUT2D eigenvalue weighted by atomic mass is 16.7. The third-order valence-corrected chi connectivity index (χ3v) is 7.11. The van der Waals surface area contributed by atoms with Crippen LogP contribution in [-0.4, -0.2) is 75.4 Å². The molecule has 0 bridgehead atoms. The zero-order valence-electron chi connectivity index (χ0n) is 24.6. The van der Waals surface area contributed by atoms with Gasteiger partial charge in [-0.3, -0.25) is 9.58 Å². The molecule has 1 fully saturated rings. The van der Waals surface area contributed by atoms with E-state index in [9.17, 15) is 4.79 Å².